The van der Waals surface area contributed by atoms with E-state index in [4.69, 9.17) is 11.6 Å². The van der Waals surface area contributed by atoms with E-state index in [0.29, 0.717) is 10.8 Å². The molecular weight excluding hydrogens is 237 g/mol. The number of rotatable bonds is 0. The second-order valence-corrected chi connectivity index (χ2v) is 4.03. The highest BCUT2D eigenvalue weighted by atomic mass is 35.5. The van der Waals surface area contributed by atoms with Crippen molar-refractivity contribution in [1.82, 2.24) is 0 Å². The first-order chi connectivity index (χ1) is 7.39. The van der Waals surface area contributed by atoms with Gasteiger partial charge in [-0.2, -0.15) is 13.2 Å². The lowest BCUT2D eigenvalue weighted by Crippen LogP contribution is -2.04. The summed E-state index contributed by atoms with van der Waals surface area (Å²) in [6, 6.07) is 7.35. The molecule has 0 heterocycles. The Bertz CT molecular complexity index is 544. The van der Waals surface area contributed by atoms with E-state index in [1.54, 1.807) is 25.1 Å². The Morgan fingerprint density at radius 2 is 1.75 bits per heavy atom. The molecule has 0 spiro atoms. The second kappa shape index (κ2) is 3.67. The van der Waals surface area contributed by atoms with Crippen LogP contribution in [0.15, 0.2) is 30.3 Å². The fraction of sp³-hybridized carbons (Fsp3) is 0.167. The van der Waals surface area contributed by atoms with Crippen LogP contribution < -0.4 is 0 Å². The SMILES string of the molecule is Cc1cccc2c(Cl)cc(C(F)(F)F)cc12. The van der Waals surface area contributed by atoms with Crippen molar-refractivity contribution in [2.24, 2.45) is 0 Å². The van der Waals surface area contributed by atoms with Crippen molar-refractivity contribution in [2.75, 3.05) is 0 Å². The molecule has 0 amide bonds. The van der Waals surface area contributed by atoms with Crippen LogP contribution in [-0.2, 0) is 6.18 Å². The summed E-state index contributed by atoms with van der Waals surface area (Å²) in [7, 11) is 0. The average molecular weight is 245 g/mol. The van der Waals surface area contributed by atoms with Crippen molar-refractivity contribution < 1.29 is 13.2 Å². The highest BCUT2D eigenvalue weighted by Gasteiger charge is 2.31. The highest BCUT2D eigenvalue weighted by Crippen LogP contribution is 2.35. The van der Waals surface area contributed by atoms with Crippen molar-refractivity contribution >= 4 is 22.4 Å². The number of hydrogen-bond donors (Lipinski definition) is 0. The minimum atomic E-state index is -4.36. The van der Waals surface area contributed by atoms with E-state index in [1.807, 2.05) is 0 Å². The molecule has 0 unspecified atom stereocenters. The predicted octanol–water partition coefficient (Wildman–Crippen LogP) is 4.82. The van der Waals surface area contributed by atoms with Gasteiger partial charge in [-0.25, -0.2) is 0 Å². The van der Waals surface area contributed by atoms with E-state index in [0.717, 1.165) is 17.7 Å². The molecule has 0 bridgehead atoms. The average Bonchev–Trinajstić information content (AvgIpc) is 2.18. The van der Waals surface area contributed by atoms with Crippen molar-refractivity contribution in [3.8, 4) is 0 Å². The maximum absolute atomic E-state index is 12.6. The summed E-state index contributed by atoms with van der Waals surface area (Å²) in [4.78, 5) is 0. The van der Waals surface area contributed by atoms with E-state index in [1.165, 1.54) is 0 Å². The zero-order valence-corrected chi connectivity index (χ0v) is 9.15. The molecule has 0 atom stereocenters. The van der Waals surface area contributed by atoms with Gasteiger partial charge in [0, 0.05) is 10.4 Å². The zero-order valence-electron chi connectivity index (χ0n) is 8.40. The van der Waals surface area contributed by atoms with Gasteiger partial charge in [-0.15, -0.1) is 0 Å². The Labute approximate surface area is 95.6 Å². The van der Waals surface area contributed by atoms with Crippen molar-refractivity contribution in [1.29, 1.82) is 0 Å². The van der Waals surface area contributed by atoms with Gasteiger partial charge in [-0.05, 0) is 30.0 Å². The molecule has 0 aliphatic heterocycles. The topological polar surface area (TPSA) is 0 Å². The molecule has 0 nitrogen and oxygen atoms in total. The van der Waals surface area contributed by atoms with Crippen LogP contribution in [0.5, 0.6) is 0 Å². The third-order valence-electron chi connectivity index (χ3n) is 2.49. The maximum atomic E-state index is 12.6. The third-order valence-corrected chi connectivity index (χ3v) is 2.80. The van der Waals surface area contributed by atoms with Gasteiger partial charge in [0.1, 0.15) is 0 Å². The Morgan fingerprint density at radius 1 is 1.06 bits per heavy atom. The van der Waals surface area contributed by atoms with E-state index in [-0.39, 0.29) is 5.02 Å². The maximum Gasteiger partial charge on any atom is 0.416 e. The normalized spacial score (nSPS) is 12.1. The van der Waals surface area contributed by atoms with Gasteiger partial charge >= 0.3 is 6.18 Å². The monoisotopic (exact) mass is 244 g/mol. The Hall–Kier alpha value is -1.22. The summed E-state index contributed by atoms with van der Waals surface area (Å²) >= 11 is 5.84. The number of benzene rings is 2. The van der Waals surface area contributed by atoms with Crippen LogP contribution in [0.4, 0.5) is 13.2 Å². The fourth-order valence-electron chi connectivity index (χ4n) is 1.66. The molecule has 0 aliphatic rings. The van der Waals surface area contributed by atoms with Crippen molar-refractivity contribution in [3.63, 3.8) is 0 Å². The Balaban J connectivity index is 2.81. The summed E-state index contributed by atoms with van der Waals surface area (Å²) in [5, 5.41) is 1.32. The number of fused-ring (bicyclic) bond motifs is 1. The van der Waals surface area contributed by atoms with Crippen molar-refractivity contribution in [3.05, 3.63) is 46.5 Å². The Morgan fingerprint density at radius 3 is 2.38 bits per heavy atom. The van der Waals surface area contributed by atoms with Gasteiger partial charge in [0.25, 0.3) is 0 Å². The van der Waals surface area contributed by atoms with E-state index in [9.17, 15) is 13.2 Å². The van der Waals surface area contributed by atoms with Gasteiger partial charge in [0.15, 0.2) is 0 Å². The Kier molecular flexibility index (Phi) is 2.58. The highest BCUT2D eigenvalue weighted by molar-refractivity contribution is 6.35. The zero-order chi connectivity index (χ0) is 11.9. The lowest BCUT2D eigenvalue weighted by atomic mass is 10.0. The van der Waals surface area contributed by atoms with Gasteiger partial charge in [0.2, 0.25) is 0 Å². The molecule has 2 aromatic carbocycles. The lowest BCUT2D eigenvalue weighted by molar-refractivity contribution is -0.137. The first-order valence-electron chi connectivity index (χ1n) is 4.65. The summed E-state index contributed by atoms with van der Waals surface area (Å²) in [5.41, 5.74) is 0.0739. The number of aryl methyl sites for hydroxylation is 1. The molecule has 0 aliphatic carbocycles. The smallest absolute Gasteiger partial charge is 0.166 e. The van der Waals surface area contributed by atoms with E-state index < -0.39 is 11.7 Å². The number of halogens is 4. The van der Waals surface area contributed by atoms with Gasteiger partial charge < -0.3 is 0 Å². The van der Waals surface area contributed by atoms with Crippen molar-refractivity contribution in [2.45, 2.75) is 13.1 Å². The largest absolute Gasteiger partial charge is 0.416 e. The van der Waals surface area contributed by atoms with Gasteiger partial charge in [-0.3, -0.25) is 0 Å². The lowest BCUT2D eigenvalue weighted by Gasteiger charge is -2.10. The minimum Gasteiger partial charge on any atom is -0.166 e. The van der Waals surface area contributed by atoms with Crippen LogP contribution in [0.1, 0.15) is 11.1 Å². The minimum absolute atomic E-state index is 0.133. The number of alkyl halides is 3. The first-order valence-corrected chi connectivity index (χ1v) is 5.03. The molecule has 0 aromatic heterocycles. The molecule has 0 saturated carbocycles. The molecule has 16 heavy (non-hydrogen) atoms. The molecule has 0 saturated heterocycles. The molecule has 0 N–H and O–H groups in total. The molecule has 4 heteroatoms. The molecule has 0 fully saturated rings. The summed E-state index contributed by atoms with van der Waals surface area (Å²) in [6.45, 7) is 1.76. The first kappa shape index (κ1) is 11.3. The van der Waals surface area contributed by atoms with Crippen LogP contribution in [0, 0.1) is 6.92 Å². The van der Waals surface area contributed by atoms with E-state index in [2.05, 4.69) is 0 Å². The molecule has 0 radical (unpaired) electrons. The third kappa shape index (κ3) is 1.87. The summed E-state index contributed by atoms with van der Waals surface area (Å²) in [5.74, 6) is 0. The second-order valence-electron chi connectivity index (χ2n) is 3.63. The molecular formula is C12H8ClF3. The van der Waals surface area contributed by atoms with Crippen LogP contribution in [-0.4, -0.2) is 0 Å². The van der Waals surface area contributed by atoms with Crippen LogP contribution in [0.3, 0.4) is 0 Å². The van der Waals surface area contributed by atoms with Gasteiger partial charge in [0.05, 0.1) is 5.56 Å². The standard InChI is InChI=1S/C12H8ClF3/c1-7-3-2-4-9-10(7)5-8(6-11(9)13)12(14,15)16/h2-6H,1H3. The molecule has 84 valence electrons. The quantitative estimate of drug-likeness (QED) is 0.623. The summed E-state index contributed by atoms with van der Waals surface area (Å²) in [6.07, 6.45) is -4.36. The molecule has 2 rings (SSSR count). The van der Waals surface area contributed by atoms with E-state index >= 15 is 0 Å². The predicted molar refractivity (Wildman–Crippen MR) is 58.7 cm³/mol. The van der Waals surface area contributed by atoms with Crippen LogP contribution >= 0.6 is 11.6 Å². The number of hydrogen-bond acceptors (Lipinski definition) is 0. The van der Waals surface area contributed by atoms with Crippen LogP contribution in [0.2, 0.25) is 5.02 Å². The summed E-state index contributed by atoms with van der Waals surface area (Å²) < 4.78 is 37.7. The van der Waals surface area contributed by atoms with Gasteiger partial charge in [-0.1, -0.05) is 29.8 Å². The fourth-order valence-corrected chi connectivity index (χ4v) is 1.94. The molecule has 2 aromatic rings. The van der Waals surface area contributed by atoms with Crippen LogP contribution in [0.25, 0.3) is 10.8 Å².